The van der Waals surface area contributed by atoms with Gasteiger partial charge in [0.05, 0.1) is 17.9 Å². The molecule has 0 aliphatic carbocycles. The molecule has 0 unspecified atom stereocenters. The van der Waals surface area contributed by atoms with Gasteiger partial charge in [-0.3, -0.25) is 14.3 Å². The van der Waals surface area contributed by atoms with Crippen molar-refractivity contribution in [1.29, 1.82) is 0 Å². The summed E-state index contributed by atoms with van der Waals surface area (Å²) in [6.45, 7) is 2.08. The largest absolute Gasteiger partial charge is 0.480 e. The van der Waals surface area contributed by atoms with Crippen LogP contribution in [0.1, 0.15) is 23.0 Å². The number of carboxylic acids is 1. The van der Waals surface area contributed by atoms with Gasteiger partial charge in [-0.25, -0.2) is 0 Å². The molecular weight excluding hydrogens is 250 g/mol. The molecule has 7 heteroatoms. The molecule has 7 nitrogen and oxygen atoms in total. The number of hydrogen-bond donors (Lipinski definition) is 1. The van der Waals surface area contributed by atoms with E-state index in [9.17, 15) is 9.59 Å². The Bertz CT molecular complexity index is 456. The molecule has 1 aromatic heterocycles. The van der Waals surface area contributed by atoms with Crippen LogP contribution in [0.25, 0.3) is 0 Å². The maximum atomic E-state index is 12.3. The summed E-state index contributed by atoms with van der Waals surface area (Å²) in [5.41, 5.74) is 1.11. The van der Waals surface area contributed by atoms with Gasteiger partial charge in [-0.15, -0.1) is 0 Å². The van der Waals surface area contributed by atoms with Crippen LogP contribution >= 0.6 is 0 Å². The molecule has 1 N–H and O–H groups in total. The summed E-state index contributed by atoms with van der Waals surface area (Å²) in [6.07, 6.45) is 2.23. The normalized spacial score (nSPS) is 10.5. The van der Waals surface area contributed by atoms with Gasteiger partial charge in [0.15, 0.2) is 0 Å². The Labute approximate surface area is 111 Å². The van der Waals surface area contributed by atoms with Crippen LogP contribution in [0.15, 0.2) is 6.20 Å². The number of aromatic nitrogens is 2. The molecular formula is C12H19N3O4. The highest BCUT2D eigenvalue weighted by Crippen LogP contribution is 2.11. The monoisotopic (exact) mass is 269 g/mol. The molecule has 0 aromatic carbocycles. The SMILES string of the molecule is CCc1nn(C)cc1C(=O)N(CCOC)CC(=O)O. The summed E-state index contributed by atoms with van der Waals surface area (Å²) in [5, 5.41) is 13.0. The summed E-state index contributed by atoms with van der Waals surface area (Å²) < 4.78 is 6.45. The Kier molecular flexibility index (Phi) is 5.50. The van der Waals surface area contributed by atoms with Crippen molar-refractivity contribution in [3.8, 4) is 0 Å². The number of aryl methyl sites for hydroxylation is 2. The fraction of sp³-hybridized carbons (Fsp3) is 0.583. The number of carbonyl (C=O) groups excluding carboxylic acids is 1. The van der Waals surface area contributed by atoms with Gasteiger partial charge in [-0.05, 0) is 6.42 Å². The first-order valence-electron chi connectivity index (χ1n) is 6.02. The number of nitrogens with zero attached hydrogens (tertiary/aromatic N) is 3. The second-order valence-corrected chi connectivity index (χ2v) is 4.13. The van der Waals surface area contributed by atoms with E-state index in [2.05, 4.69) is 5.10 Å². The first kappa shape index (κ1) is 15.2. The van der Waals surface area contributed by atoms with Crippen LogP contribution in [0, 0.1) is 0 Å². The van der Waals surface area contributed by atoms with Crippen LogP contribution in [-0.4, -0.2) is 58.5 Å². The van der Waals surface area contributed by atoms with Crippen molar-refractivity contribution in [2.75, 3.05) is 26.8 Å². The van der Waals surface area contributed by atoms with E-state index in [1.807, 2.05) is 6.92 Å². The van der Waals surface area contributed by atoms with Gasteiger partial charge >= 0.3 is 5.97 Å². The molecule has 0 radical (unpaired) electrons. The molecule has 0 aliphatic heterocycles. The van der Waals surface area contributed by atoms with Crippen molar-refractivity contribution in [1.82, 2.24) is 14.7 Å². The average Bonchev–Trinajstić information content (AvgIpc) is 2.74. The highest BCUT2D eigenvalue weighted by Gasteiger charge is 2.22. The van der Waals surface area contributed by atoms with Gasteiger partial charge in [-0.2, -0.15) is 5.10 Å². The lowest BCUT2D eigenvalue weighted by molar-refractivity contribution is -0.137. The highest BCUT2D eigenvalue weighted by atomic mass is 16.5. The second kappa shape index (κ2) is 6.89. The predicted octanol–water partition coefficient (Wildman–Crippen LogP) is 0.156. The van der Waals surface area contributed by atoms with Crippen LogP contribution in [0.4, 0.5) is 0 Å². The molecule has 0 saturated heterocycles. The number of methoxy groups -OCH3 is 1. The minimum atomic E-state index is -1.05. The van der Waals surface area contributed by atoms with Crippen molar-refractivity contribution in [3.63, 3.8) is 0 Å². The molecule has 0 atom stereocenters. The quantitative estimate of drug-likeness (QED) is 0.762. The minimum Gasteiger partial charge on any atom is -0.480 e. The Morgan fingerprint density at radius 2 is 2.21 bits per heavy atom. The lowest BCUT2D eigenvalue weighted by atomic mass is 10.2. The summed E-state index contributed by atoms with van der Waals surface area (Å²) in [7, 11) is 3.23. The number of rotatable bonds is 7. The van der Waals surface area contributed by atoms with E-state index in [1.54, 1.807) is 17.9 Å². The van der Waals surface area contributed by atoms with Crippen LogP contribution < -0.4 is 0 Å². The Hall–Kier alpha value is -1.89. The molecule has 0 bridgehead atoms. The molecule has 1 aromatic rings. The van der Waals surface area contributed by atoms with E-state index < -0.39 is 5.97 Å². The van der Waals surface area contributed by atoms with Crippen molar-refractivity contribution in [2.24, 2.45) is 7.05 Å². The van der Waals surface area contributed by atoms with Gasteiger partial charge in [0, 0.05) is 26.9 Å². The Balaban J connectivity index is 2.93. The van der Waals surface area contributed by atoms with Crippen LogP contribution in [0.5, 0.6) is 0 Å². The van der Waals surface area contributed by atoms with Crippen molar-refractivity contribution < 1.29 is 19.4 Å². The van der Waals surface area contributed by atoms with Gasteiger partial charge in [0.2, 0.25) is 0 Å². The van der Waals surface area contributed by atoms with Crippen LogP contribution in [-0.2, 0) is 23.0 Å². The molecule has 0 aliphatic rings. The fourth-order valence-corrected chi connectivity index (χ4v) is 1.76. The molecule has 1 rings (SSSR count). The van der Waals surface area contributed by atoms with E-state index in [0.29, 0.717) is 24.3 Å². The molecule has 0 saturated carbocycles. The van der Waals surface area contributed by atoms with E-state index in [4.69, 9.17) is 9.84 Å². The third kappa shape index (κ3) is 4.06. The number of ether oxygens (including phenoxy) is 1. The number of carbonyl (C=O) groups is 2. The topological polar surface area (TPSA) is 84.7 Å². The molecule has 0 fully saturated rings. The molecule has 1 heterocycles. The molecule has 19 heavy (non-hydrogen) atoms. The van der Waals surface area contributed by atoms with Crippen LogP contribution in [0.2, 0.25) is 0 Å². The lowest BCUT2D eigenvalue weighted by Gasteiger charge is -2.20. The van der Waals surface area contributed by atoms with E-state index in [-0.39, 0.29) is 19.0 Å². The summed E-state index contributed by atoms with van der Waals surface area (Å²) in [4.78, 5) is 24.4. The molecule has 106 valence electrons. The first-order chi connectivity index (χ1) is 8.99. The lowest BCUT2D eigenvalue weighted by Crippen LogP contribution is -2.38. The first-order valence-corrected chi connectivity index (χ1v) is 6.02. The van der Waals surface area contributed by atoms with E-state index in [1.165, 1.54) is 12.0 Å². The average molecular weight is 269 g/mol. The smallest absolute Gasteiger partial charge is 0.323 e. The summed E-state index contributed by atoms with van der Waals surface area (Å²) in [5.74, 6) is -1.38. The number of amides is 1. The van der Waals surface area contributed by atoms with Gasteiger partial charge < -0.3 is 14.7 Å². The van der Waals surface area contributed by atoms with E-state index >= 15 is 0 Å². The van der Waals surface area contributed by atoms with Crippen molar-refractivity contribution >= 4 is 11.9 Å². The predicted molar refractivity (Wildman–Crippen MR) is 68.0 cm³/mol. The maximum absolute atomic E-state index is 12.3. The third-order valence-electron chi connectivity index (χ3n) is 2.65. The van der Waals surface area contributed by atoms with Crippen molar-refractivity contribution in [3.05, 3.63) is 17.5 Å². The van der Waals surface area contributed by atoms with Crippen LogP contribution in [0.3, 0.4) is 0 Å². The Morgan fingerprint density at radius 3 is 2.74 bits per heavy atom. The number of carboxylic acid groups (broad SMARTS) is 1. The zero-order valence-corrected chi connectivity index (χ0v) is 11.4. The maximum Gasteiger partial charge on any atom is 0.323 e. The fourth-order valence-electron chi connectivity index (χ4n) is 1.76. The van der Waals surface area contributed by atoms with E-state index in [0.717, 1.165) is 0 Å². The van der Waals surface area contributed by atoms with Crippen molar-refractivity contribution in [2.45, 2.75) is 13.3 Å². The van der Waals surface area contributed by atoms with Gasteiger partial charge in [-0.1, -0.05) is 6.92 Å². The number of hydrogen-bond acceptors (Lipinski definition) is 4. The Morgan fingerprint density at radius 1 is 1.53 bits per heavy atom. The standard InChI is InChI=1S/C12H19N3O4/c1-4-10-9(7-14(2)13-10)12(18)15(5-6-19-3)8-11(16)17/h7H,4-6,8H2,1-3H3,(H,16,17). The second-order valence-electron chi connectivity index (χ2n) is 4.13. The number of aliphatic carboxylic acids is 1. The zero-order valence-electron chi connectivity index (χ0n) is 11.4. The van der Waals surface area contributed by atoms with Gasteiger partial charge in [0.1, 0.15) is 6.54 Å². The van der Waals surface area contributed by atoms with Gasteiger partial charge in [0.25, 0.3) is 5.91 Å². The summed E-state index contributed by atoms with van der Waals surface area (Å²) in [6, 6.07) is 0. The third-order valence-corrected chi connectivity index (χ3v) is 2.65. The summed E-state index contributed by atoms with van der Waals surface area (Å²) >= 11 is 0. The highest BCUT2D eigenvalue weighted by molar-refractivity contribution is 5.96. The minimum absolute atomic E-state index is 0.236. The molecule has 0 spiro atoms. The molecule has 1 amide bonds. The zero-order chi connectivity index (χ0) is 14.4.